The fourth-order valence-electron chi connectivity index (χ4n) is 2.96. The summed E-state index contributed by atoms with van der Waals surface area (Å²) in [6.07, 6.45) is 6.41. The lowest BCUT2D eigenvalue weighted by Gasteiger charge is -2.07. The predicted molar refractivity (Wildman–Crippen MR) is 102 cm³/mol. The lowest BCUT2D eigenvalue weighted by molar-refractivity contribution is -0.00000608. The van der Waals surface area contributed by atoms with Crippen molar-refractivity contribution in [1.82, 2.24) is 20.3 Å². The van der Waals surface area contributed by atoms with Crippen molar-refractivity contribution >= 4 is 10.9 Å². The van der Waals surface area contributed by atoms with Crippen molar-refractivity contribution < 1.29 is 17.1 Å². The Balaban J connectivity index is 0.00000210. The van der Waals surface area contributed by atoms with Crippen LogP contribution in [0.25, 0.3) is 10.9 Å². The lowest BCUT2D eigenvalue weighted by atomic mass is 10.1. The van der Waals surface area contributed by atoms with Gasteiger partial charge < -0.3 is 27.4 Å². The fourth-order valence-corrected chi connectivity index (χ4v) is 2.96. The van der Waals surface area contributed by atoms with Gasteiger partial charge in [-0.2, -0.15) is 0 Å². The molecular weight excluding hydrogens is 360 g/mol. The van der Waals surface area contributed by atoms with E-state index in [-0.39, 0.29) is 12.4 Å². The molecule has 0 spiro atoms. The van der Waals surface area contributed by atoms with E-state index < -0.39 is 0 Å². The molecule has 6 heteroatoms. The van der Waals surface area contributed by atoms with Gasteiger partial charge in [-0.3, -0.25) is 0 Å². The van der Waals surface area contributed by atoms with Gasteiger partial charge in [0.05, 0.1) is 0 Å². The highest BCUT2D eigenvalue weighted by Gasteiger charge is 2.03. The minimum atomic E-state index is 0. The number of para-hydroxylation sites is 1. The third-order valence-corrected chi connectivity index (χ3v) is 4.22. The van der Waals surface area contributed by atoms with Crippen LogP contribution in [0.15, 0.2) is 73.2 Å². The molecule has 2 heterocycles. The van der Waals surface area contributed by atoms with Crippen LogP contribution in [-0.4, -0.2) is 21.5 Å². The molecule has 0 unspecified atom stereocenters. The maximum absolute atomic E-state index is 5.68. The van der Waals surface area contributed by atoms with Gasteiger partial charge >= 0.3 is 6.01 Å². The minimum absolute atomic E-state index is 0. The Morgan fingerprint density at radius 3 is 2.70 bits per heavy atom. The molecule has 0 aliphatic rings. The summed E-state index contributed by atoms with van der Waals surface area (Å²) in [4.78, 5) is 11.5. The van der Waals surface area contributed by atoms with Gasteiger partial charge in [-0.1, -0.05) is 30.3 Å². The van der Waals surface area contributed by atoms with Crippen LogP contribution >= 0.6 is 0 Å². The summed E-state index contributed by atoms with van der Waals surface area (Å²) in [5.74, 6) is 0.743. The predicted octanol–water partition coefficient (Wildman–Crippen LogP) is 1.09. The summed E-state index contributed by atoms with van der Waals surface area (Å²) < 4.78 is 5.68. The first-order valence-corrected chi connectivity index (χ1v) is 8.68. The highest BCUT2D eigenvalue weighted by molar-refractivity contribution is 5.83. The molecule has 0 bridgehead atoms. The van der Waals surface area contributed by atoms with Crippen LogP contribution in [0.4, 0.5) is 0 Å². The zero-order valence-electron chi connectivity index (χ0n) is 14.7. The van der Waals surface area contributed by atoms with Crippen LogP contribution in [0, 0.1) is 0 Å². The zero-order valence-corrected chi connectivity index (χ0v) is 15.5. The average Bonchev–Trinajstić information content (AvgIpc) is 3.10. The molecular formula is C21H20ClN4O-. The van der Waals surface area contributed by atoms with Crippen LogP contribution < -0.4 is 22.5 Å². The second-order valence-electron chi connectivity index (χ2n) is 6.07. The fraction of sp³-hybridized carbons (Fsp3) is 0.143. The quantitative estimate of drug-likeness (QED) is 0.472. The van der Waals surface area contributed by atoms with Crippen LogP contribution in [0.3, 0.4) is 0 Å². The monoisotopic (exact) mass is 379 g/mol. The Labute approximate surface area is 164 Å². The molecule has 0 radical (unpaired) electrons. The number of rotatable bonds is 7. The molecule has 0 atom stereocenters. The van der Waals surface area contributed by atoms with Crippen LogP contribution in [0.5, 0.6) is 11.8 Å². The number of nitrogens with one attached hydrogen (secondary N) is 2. The number of aromatic nitrogens is 3. The number of ether oxygens (including phenoxy) is 1. The molecule has 0 fully saturated rings. The molecule has 27 heavy (non-hydrogen) atoms. The molecule has 0 saturated heterocycles. The number of aromatic amines is 1. The first-order chi connectivity index (χ1) is 12.9. The number of benzene rings is 2. The molecule has 5 nitrogen and oxygen atoms in total. The van der Waals surface area contributed by atoms with Gasteiger partial charge in [0.1, 0.15) is 5.75 Å². The van der Waals surface area contributed by atoms with Crippen molar-refractivity contribution in [2.24, 2.45) is 0 Å². The Bertz CT molecular complexity index is 988. The van der Waals surface area contributed by atoms with Gasteiger partial charge in [0.25, 0.3) is 0 Å². The average molecular weight is 380 g/mol. The summed E-state index contributed by atoms with van der Waals surface area (Å²) in [5.41, 5.74) is 3.69. The third-order valence-electron chi connectivity index (χ3n) is 4.22. The summed E-state index contributed by atoms with van der Waals surface area (Å²) in [6, 6.07) is 18.5. The van der Waals surface area contributed by atoms with Crippen LogP contribution in [0.1, 0.15) is 11.1 Å². The van der Waals surface area contributed by atoms with Gasteiger partial charge in [-0.25, -0.2) is 9.97 Å². The maximum atomic E-state index is 5.68. The van der Waals surface area contributed by atoms with Crippen LogP contribution in [-0.2, 0) is 13.0 Å². The van der Waals surface area contributed by atoms with Crippen molar-refractivity contribution in [3.8, 4) is 11.8 Å². The van der Waals surface area contributed by atoms with Crippen LogP contribution in [0.2, 0.25) is 0 Å². The standard InChI is InChI=1S/C21H20N4O.ClH/c1-2-8-20-19(7-1)17(15-25-20)9-12-22-14-16-5-3-6-18(13-16)26-21-23-10-4-11-24-21;/h1-8,10-11,13,15,22,25H,9,12,14H2;1H/p-1. The summed E-state index contributed by atoms with van der Waals surface area (Å²) in [6.45, 7) is 1.70. The number of nitrogens with zero attached hydrogens (tertiary/aromatic N) is 2. The number of halogens is 1. The second-order valence-corrected chi connectivity index (χ2v) is 6.07. The molecule has 4 rings (SSSR count). The largest absolute Gasteiger partial charge is 1.00 e. The van der Waals surface area contributed by atoms with E-state index in [1.807, 2.05) is 18.2 Å². The van der Waals surface area contributed by atoms with E-state index >= 15 is 0 Å². The molecule has 2 N–H and O–H groups in total. The second kappa shape index (κ2) is 9.16. The molecule has 0 aliphatic heterocycles. The maximum Gasteiger partial charge on any atom is 0.321 e. The smallest absolute Gasteiger partial charge is 0.321 e. The molecule has 0 amide bonds. The summed E-state index contributed by atoms with van der Waals surface area (Å²) >= 11 is 0. The first-order valence-electron chi connectivity index (χ1n) is 8.68. The normalized spacial score (nSPS) is 10.5. The molecule has 0 aliphatic carbocycles. The Morgan fingerprint density at radius 1 is 0.963 bits per heavy atom. The van der Waals surface area contributed by atoms with Crippen molar-refractivity contribution in [2.75, 3.05) is 6.54 Å². The van der Waals surface area contributed by atoms with Crippen molar-refractivity contribution in [1.29, 1.82) is 0 Å². The molecule has 4 aromatic rings. The van der Waals surface area contributed by atoms with Crippen molar-refractivity contribution in [3.63, 3.8) is 0 Å². The molecule has 2 aromatic heterocycles. The molecule has 138 valence electrons. The van der Waals surface area contributed by atoms with Gasteiger partial charge in [0.15, 0.2) is 0 Å². The van der Waals surface area contributed by atoms with Crippen molar-refractivity contribution in [2.45, 2.75) is 13.0 Å². The topological polar surface area (TPSA) is 62.8 Å². The lowest BCUT2D eigenvalue weighted by Crippen LogP contribution is -3.00. The highest BCUT2D eigenvalue weighted by atomic mass is 35.5. The van der Waals surface area contributed by atoms with E-state index in [4.69, 9.17) is 4.74 Å². The summed E-state index contributed by atoms with van der Waals surface area (Å²) in [5, 5.41) is 4.79. The highest BCUT2D eigenvalue weighted by Crippen LogP contribution is 2.19. The van der Waals surface area contributed by atoms with Crippen molar-refractivity contribution in [3.05, 3.63) is 84.3 Å². The number of fused-ring (bicyclic) bond motifs is 1. The number of hydrogen-bond acceptors (Lipinski definition) is 4. The Morgan fingerprint density at radius 2 is 1.81 bits per heavy atom. The Kier molecular flexibility index (Phi) is 6.41. The minimum Gasteiger partial charge on any atom is -1.00 e. The number of H-pyrrole nitrogens is 1. The van der Waals surface area contributed by atoms with E-state index in [0.717, 1.165) is 30.8 Å². The third kappa shape index (κ3) is 4.84. The van der Waals surface area contributed by atoms with Gasteiger partial charge in [-0.15, -0.1) is 0 Å². The first kappa shape index (κ1) is 18.9. The van der Waals surface area contributed by atoms with E-state index in [1.54, 1.807) is 18.5 Å². The van der Waals surface area contributed by atoms with Gasteiger partial charge in [-0.05, 0) is 48.4 Å². The molecule has 2 aromatic carbocycles. The summed E-state index contributed by atoms with van der Waals surface area (Å²) in [7, 11) is 0. The zero-order chi connectivity index (χ0) is 17.6. The van der Waals surface area contributed by atoms with E-state index in [1.165, 1.54) is 16.5 Å². The van der Waals surface area contributed by atoms with Gasteiger partial charge in [0.2, 0.25) is 0 Å². The van der Waals surface area contributed by atoms with E-state index in [0.29, 0.717) is 6.01 Å². The van der Waals surface area contributed by atoms with E-state index in [2.05, 4.69) is 56.8 Å². The molecule has 0 saturated carbocycles. The van der Waals surface area contributed by atoms with E-state index in [9.17, 15) is 0 Å². The number of hydrogen-bond donors (Lipinski definition) is 2. The Hall–Kier alpha value is -2.89. The van der Waals surface area contributed by atoms with Gasteiger partial charge in [0, 0.05) is 36.0 Å². The SMILES string of the molecule is [Cl-].c1cnc(Oc2cccc(CNCCc3c[nH]c4ccccc34)c2)nc1.